The molecule has 1 N–H and O–H groups in total. The molecular formula is C29H30N2O3. The van der Waals surface area contributed by atoms with Crippen LogP contribution in [0.25, 0.3) is 11.1 Å². The standard InChI is InChI=1S/C29H30N2O3/c1-3-21(2)27-20-30(18-17-22-9-5-4-6-10-22)29(34)31(27)19-23-13-15-24(16-14-23)25-11-7-8-12-26(25)28(32)33/h4-16,20-21H,3,17-19H2,1-2H3,(H,32,33). The largest absolute Gasteiger partial charge is 0.478 e. The molecule has 0 saturated heterocycles. The van der Waals surface area contributed by atoms with Gasteiger partial charge in [0.15, 0.2) is 0 Å². The lowest BCUT2D eigenvalue weighted by Crippen LogP contribution is -2.26. The second-order valence-corrected chi connectivity index (χ2v) is 8.71. The number of aryl methyl sites for hydroxylation is 2. The van der Waals surface area contributed by atoms with Gasteiger partial charge in [-0.05, 0) is 47.1 Å². The first-order valence-corrected chi connectivity index (χ1v) is 11.7. The van der Waals surface area contributed by atoms with Crippen LogP contribution in [0.5, 0.6) is 0 Å². The Labute approximate surface area is 199 Å². The fraction of sp³-hybridized carbons (Fsp3) is 0.241. The molecule has 0 amide bonds. The van der Waals surface area contributed by atoms with E-state index in [1.165, 1.54) is 5.56 Å². The van der Waals surface area contributed by atoms with Crippen molar-refractivity contribution in [1.82, 2.24) is 9.13 Å². The van der Waals surface area contributed by atoms with Crippen molar-refractivity contribution in [3.8, 4) is 11.1 Å². The molecular weight excluding hydrogens is 424 g/mol. The zero-order valence-electron chi connectivity index (χ0n) is 19.6. The van der Waals surface area contributed by atoms with Crippen LogP contribution in [0.15, 0.2) is 89.9 Å². The minimum Gasteiger partial charge on any atom is -0.478 e. The molecule has 4 aromatic rings. The van der Waals surface area contributed by atoms with Crippen LogP contribution in [0.3, 0.4) is 0 Å². The number of benzene rings is 3. The Morgan fingerprint density at radius 3 is 2.26 bits per heavy atom. The van der Waals surface area contributed by atoms with Crippen LogP contribution in [0.1, 0.15) is 53.4 Å². The summed E-state index contributed by atoms with van der Waals surface area (Å²) in [5.41, 5.74) is 5.07. The third-order valence-corrected chi connectivity index (χ3v) is 6.44. The van der Waals surface area contributed by atoms with Crippen LogP contribution in [-0.2, 0) is 19.5 Å². The summed E-state index contributed by atoms with van der Waals surface area (Å²) in [5, 5.41) is 9.49. The Morgan fingerprint density at radius 2 is 1.59 bits per heavy atom. The van der Waals surface area contributed by atoms with Gasteiger partial charge < -0.3 is 5.11 Å². The molecule has 0 spiro atoms. The fourth-order valence-corrected chi connectivity index (χ4v) is 4.26. The summed E-state index contributed by atoms with van der Waals surface area (Å²) in [6.45, 7) is 5.41. The van der Waals surface area contributed by atoms with E-state index in [1.807, 2.05) is 69.9 Å². The van der Waals surface area contributed by atoms with Crippen molar-refractivity contribution >= 4 is 5.97 Å². The van der Waals surface area contributed by atoms with E-state index < -0.39 is 5.97 Å². The highest BCUT2D eigenvalue weighted by Crippen LogP contribution is 2.25. The second-order valence-electron chi connectivity index (χ2n) is 8.71. The van der Waals surface area contributed by atoms with Gasteiger partial charge in [-0.25, -0.2) is 9.59 Å². The molecule has 5 heteroatoms. The van der Waals surface area contributed by atoms with Gasteiger partial charge in [-0.1, -0.05) is 86.6 Å². The summed E-state index contributed by atoms with van der Waals surface area (Å²) in [6.07, 6.45) is 3.77. The third-order valence-electron chi connectivity index (χ3n) is 6.44. The first-order valence-electron chi connectivity index (χ1n) is 11.7. The molecule has 0 fully saturated rings. The Balaban J connectivity index is 1.60. The molecule has 174 valence electrons. The van der Waals surface area contributed by atoms with E-state index in [1.54, 1.807) is 12.1 Å². The van der Waals surface area contributed by atoms with Crippen molar-refractivity contribution < 1.29 is 9.90 Å². The number of rotatable bonds is 9. The average molecular weight is 455 g/mol. The van der Waals surface area contributed by atoms with Gasteiger partial charge in [0.2, 0.25) is 0 Å². The Bertz CT molecular complexity index is 1320. The van der Waals surface area contributed by atoms with Gasteiger partial charge in [-0.2, -0.15) is 0 Å². The first kappa shape index (κ1) is 23.3. The van der Waals surface area contributed by atoms with Crippen molar-refractivity contribution in [3.05, 3.63) is 118 Å². The zero-order valence-corrected chi connectivity index (χ0v) is 19.6. The molecule has 0 aliphatic rings. The number of hydrogen-bond donors (Lipinski definition) is 1. The van der Waals surface area contributed by atoms with Crippen molar-refractivity contribution in [2.24, 2.45) is 0 Å². The van der Waals surface area contributed by atoms with Gasteiger partial charge in [-0.15, -0.1) is 0 Å². The smallest absolute Gasteiger partial charge is 0.336 e. The summed E-state index contributed by atoms with van der Waals surface area (Å²) in [4.78, 5) is 24.9. The molecule has 0 aliphatic carbocycles. The van der Waals surface area contributed by atoms with Crippen LogP contribution in [0.4, 0.5) is 0 Å². The Morgan fingerprint density at radius 1 is 0.912 bits per heavy atom. The summed E-state index contributed by atoms with van der Waals surface area (Å²) >= 11 is 0. The number of carbonyl (C=O) groups is 1. The van der Waals surface area contributed by atoms with Gasteiger partial charge in [0, 0.05) is 18.4 Å². The number of nitrogens with zero attached hydrogens (tertiary/aromatic N) is 2. The maximum Gasteiger partial charge on any atom is 0.336 e. The molecule has 0 bridgehead atoms. The first-order chi connectivity index (χ1) is 16.5. The number of aromatic nitrogens is 2. The van der Waals surface area contributed by atoms with Crippen LogP contribution < -0.4 is 5.69 Å². The Kier molecular flexibility index (Phi) is 7.12. The highest BCUT2D eigenvalue weighted by atomic mass is 16.4. The van der Waals surface area contributed by atoms with Gasteiger partial charge in [-0.3, -0.25) is 9.13 Å². The zero-order chi connectivity index (χ0) is 24.1. The Hall–Kier alpha value is -3.86. The van der Waals surface area contributed by atoms with Gasteiger partial charge in [0.25, 0.3) is 0 Å². The summed E-state index contributed by atoms with van der Waals surface area (Å²) in [7, 11) is 0. The normalized spacial score (nSPS) is 11.9. The van der Waals surface area contributed by atoms with E-state index in [-0.39, 0.29) is 17.2 Å². The molecule has 0 radical (unpaired) electrons. The van der Waals surface area contributed by atoms with E-state index in [9.17, 15) is 14.7 Å². The molecule has 0 aliphatic heterocycles. The summed E-state index contributed by atoms with van der Waals surface area (Å²) in [6, 6.07) is 25.0. The summed E-state index contributed by atoms with van der Waals surface area (Å²) in [5.74, 6) is -0.673. The number of carboxylic acids is 1. The van der Waals surface area contributed by atoms with E-state index in [0.717, 1.165) is 29.7 Å². The number of carboxylic acid groups (broad SMARTS) is 1. The highest BCUT2D eigenvalue weighted by molar-refractivity contribution is 5.95. The maximum atomic E-state index is 13.3. The minimum absolute atomic E-state index is 0.00605. The predicted molar refractivity (Wildman–Crippen MR) is 135 cm³/mol. The molecule has 34 heavy (non-hydrogen) atoms. The van der Waals surface area contributed by atoms with E-state index >= 15 is 0 Å². The van der Waals surface area contributed by atoms with Crippen LogP contribution in [0.2, 0.25) is 0 Å². The number of aromatic carboxylic acids is 1. The molecule has 4 rings (SSSR count). The van der Waals surface area contributed by atoms with Crippen LogP contribution >= 0.6 is 0 Å². The molecule has 1 heterocycles. The van der Waals surface area contributed by atoms with E-state index in [0.29, 0.717) is 18.7 Å². The second kappa shape index (κ2) is 10.4. The van der Waals surface area contributed by atoms with Gasteiger partial charge >= 0.3 is 11.7 Å². The lowest BCUT2D eigenvalue weighted by atomic mass is 9.98. The van der Waals surface area contributed by atoms with Crippen molar-refractivity contribution in [1.29, 1.82) is 0 Å². The minimum atomic E-state index is -0.943. The van der Waals surface area contributed by atoms with Crippen molar-refractivity contribution in [3.63, 3.8) is 0 Å². The number of imidazole rings is 1. The summed E-state index contributed by atoms with van der Waals surface area (Å²) < 4.78 is 3.70. The lowest BCUT2D eigenvalue weighted by Gasteiger charge is -2.13. The number of hydrogen-bond acceptors (Lipinski definition) is 2. The van der Waals surface area contributed by atoms with Crippen LogP contribution in [0, 0.1) is 0 Å². The SMILES string of the molecule is CCC(C)c1cn(CCc2ccccc2)c(=O)n1Cc1ccc(-c2ccccc2C(=O)O)cc1. The topological polar surface area (TPSA) is 64.2 Å². The quantitative estimate of drug-likeness (QED) is 0.347. The van der Waals surface area contributed by atoms with Gasteiger partial charge in [0.1, 0.15) is 0 Å². The fourth-order valence-electron chi connectivity index (χ4n) is 4.26. The average Bonchev–Trinajstić information content (AvgIpc) is 3.18. The molecule has 1 atom stereocenters. The molecule has 1 aromatic heterocycles. The molecule has 5 nitrogen and oxygen atoms in total. The van der Waals surface area contributed by atoms with Crippen molar-refractivity contribution in [2.75, 3.05) is 0 Å². The predicted octanol–water partition coefficient (Wildman–Crippen LogP) is 5.82. The van der Waals surface area contributed by atoms with E-state index in [2.05, 4.69) is 26.0 Å². The van der Waals surface area contributed by atoms with Gasteiger partial charge in [0.05, 0.1) is 12.1 Å². The molecule has 3 aromatic carbocycles. The van der Waals surface area contributed by atoms with Crippen LogP contribution in [-0.4, -0.2) is 20.2 Å². The third kappa shape index (κ3) is 5.04. The van der Waals surface area contributed by atoms with Crippen molar-refractivity contribution in [2.45, 2.75) is 45.7 Å². The maximum absolute atomic E-state index is 13.3. The molecule has 1 unspecified atom stereocenters. The van der Waals surface area contributed by atoms with E-state index in [4.69, 9.17) is 0 Å². The highest BCUT2D eigenvalue weighted by Gasteiger charge is 2.17. The lowest BCUT2D eigenvalue weighted by molar-refractivity contribution is 0.0697. The molecule has 0 saturated carbocycles. The monoisotopic (exact) mass is 454 g/mol.